The highest BCUT2D eigenvalue weighted by Gasteiger charge is 2.15. The maximum absolute atomic E-state index is 13.3. The van der Waals surface area contributed by atoms with Gasteiger partial charge in [-0.05, 0) is 63.1 Å². The minimum absolute atomic E-state index is 0.136. The Morgan fingerprint density at radius 3 is 2.28 bits per heavy atom. The van der Waals surface area contributed by atoms with Crippen LogP contribution in [0.1, 0.15) is 22.3 Å². The Morgan fingerprint density at radius 2 is 1.59 bits per heavy atom. The molecule has 6 heteroatoms. The standard InChI is InChI=1S/C26H25N3O2S/c1-16-9-11-20(12-10-16)29-25(31)21-7-5-6-8-22(21)27-26(29)32-15-23(30)28-24-18(3)13-17(2)14-19(24)4/h5-14H,15H2,1-4H3,(H,28,30). The summed E-state index contributed by atoms with van der Waals surface area (Å²) < 4.78 is 1.59. The largest absolute Gasteiger partial charge is 0.325 e. The zero-order valence-electron chi connectivity index (χ0n) is 18.6. The number of para-hydroxylation sites is 1. The second-order valence-electron chi connectivity index (χ2n) is 8.00. The number of nitrogens with one attached hydrogen (secondary N) is 1. The number of aryl methyl sites for hydroxylation is 4. The molecule has 0 atom stereocenters. The van der Waals surface area contributed by atoms with E-state index in [1.807, 2.05) is 70.2 Å². The van der Waals surface area contributed by atoms with Crippen LogP contribution < -0.4 is 10.9 Å². The predicted octanol–water partition coefficient (Wildman–Crippen LogP) is 5.35. The molecule has 0 aliphatic heterocycles. The first-order valence-electron chi connectivity index (χ1n) is 10.4. The molecule has 0 aliphatic carbocycles. The molecule has 1 N–H and O–H groups in total. The minimum atomic E-state index is -0.146. The van der Waals surface area contributed by atoms with Gasteiger partial charge in [0.05, 0.1) is 22.3 Å². The van der Waals surface area contributed by atoms with Gasteiger partial charge in [0.2, 0.25) is 5.91 Å². The van der Waals surface area contributed by atoms with Crippen molar-refractivity contribution in [3.05, 3.63) is 93.3 Å². The van der Waals surface area contributed by atoms with Crippen molar-refractivity contribution in [2.24, 2.45) is 0 Å². The number of amides is 1. The fraction of sp³-hybridized carbons (Fsp3) is 0.192. The van der Waals surface area contributed by atoms with Crippen molar-refractivity contribution in [1.29, 1.82) is 0 Å². The van der Waals surface area contributed by atoms with Crippen molar-refractivity contribution < 1.29 is 4.79 Å². The summed E-state index contributed by atoms with van der Waals surface area (Å²) in [5, 5.41) is 4.06. The average Bonchev–Trinajstić information content (AvgIpc) is 2.76. The van der Waals surface area contributed by atoms with E-state index in [0.717, 1.165) is 33.6 Å². The highest BCUT2D eigenvalue weighted by molar-refractivity contribution is 7.99. The lowest BCUT2D eigenvalue weighted by atomic mass is 10.1. The van der Waals surface area contributed by atoms with E-state index in [9.17, 15) is 9.59 Å². The van der Waals surface area contributed by atoms with E-state index in [1.165, 1.54) is 11.8 Å². The lowest BCUT2D eigenvalue weighted by Crippen LogP contribution is -2.23. The van der Waals surface area contributed by atoms with Gasteiger partial charge in [0.1, 0.15) is 0 Å². The molecule has 1 heterocycles. The predicted molar refractivity (Wildman–Crippen MR) is 132 cm³/mol. The van der Waals surface area contributed by atoms with Crippen LogP contribution >= 0.6 is 11.8 Å². The van der Waals surface area contributed by atoms with Crippen molar-refractivity contribution in [3.63, 3.8) is 0 Å². The number of aromatic nitrogens is 2. The van der Waals surface area contributed by atoms with Crippen LogP contribution in [0.5, 0.6) is 0 Å². The summed E-state index contributed by atoms with van der Waals surface area (Å²) in [6, 6.07) is 19.1. The molecule has 0 saturated carbocycles. The molecular formula is C26H25N3O2S. The Balaban J connectivity index is 1.67. The van der Waals surface area contributed by atoms with Crippen LogP contribution in [0.15, 0.2) is 70.6 Å². The number of fused-ring (bicyclic) bond motifs is 1. The third kappa shape index (κ3) is 4.46. The molecule has 0 saturated heterocycles. The van der Waals surface area contributed by atoms with Crippen molar-refractivity contribution in [2.45, 2.75) is 32.9 Å². The van der Waals surface area contributed by atoms with Crippen LogP contribution in [0.25, 0.3) is 16.6 Å². The zero-order chi connectivity index (χ0) is 22.8. The minimum Gasteiger partial charge on any atom is -0.325 e. The van der Waals surface area contributed by atoms with Gasteiger partial charge in [-0.1, -0.05) is 59.3 Å². The second kappa shape index (κ2) is 9.01. The summed E-state index contributed by atoms with van der Waals surface area (Å²) in [5.74, 6) is 0.00607. The van der Waals surface area contributed by atoms with E-state index in [0.29, 0.717) is 16.1 Å². The Labute approximate surface area is 191 Å². The Hall–Kier alpha value is -3.38. The molecule has 3 aromatic carbocycles. The van der Waals surface area contributed by atoms with Gasteiger partial charge in [-0.15, -0.1) is 0 Å². The number of hydrogen-bond acceptors (Lipinski definition) is 4. The molecule has 0 radical (unpaired) electrons. The molecule has 0 bridgehead atoms. The second-order valence-corrected chi connectivity index (χ2v) is 8.94. The molecule has 4 aromatic rings. The Morgan fingerprint density at radius 1 is 0.938 bits per heavy atom. The van der Waals surface area contributed by atoms with Crippen molar-refractivity contribution in [2.75, 3.05) is 11.1 Å². The van der Waals surface area contributed by atoms with E-state index in [-0.39, 0.29) is 17.2 Å². The van der Waals surface area contributed by atoms with Gasteiger partial charge in [-0.25, -0.2) is 4.98 Å². The number of thioether (sulfide) groups is 1. The van der Waals surface area contributed by atoms with E-state index in [4.69, 9.17) is 4.98 Å². The van der Waals surface area contributed by atoms with Crippen LogP contribution in [-0.2, 0) is 4.79 Å². The number of anilines is 1. The molecule has 32 heavy (non-hydrogen) atoms. The van der Waals surface area contributed by atoms with Crippen molar-refractivity contribution >= 4 is 34.3 Å². The van der Waals surface area contributed by atoms with Gasteiger partial charge in [0, 0.05) is 5.69 Å². The molecule has 162 valence electrons. The summed E-state index contributed by atoms with van der Waals surface area (Å²) in [4.78, 5) is 30.8. The number of rotatable bonds is 5. The van der Waals surface area contributed by atoms with Gasteiger partial charge in [0.25, 0.3) is 5.56 Å². The van der Waals surface area contributed by atoms with Crippen LogP contribution in [0.4, 0.5) is 5.69 Å². The topological polar surface area (TPSA) is 64.0 Å². The summed E-state index contributed by atoms with van der Waals surface area (Å²) in [7, 11) is 0. The summed E-state index contributed by atoms with van der Waals surface area (Å²) in [5.41, 5.74) is 6.36. The van der Waals surface area contributed by atoms with E-state index in [1.54, 1.807) is 10.6 Å². The Kier molecular flexibility index (Phi) is 6.15. The van der Waals surface area contributed by atoms with Crippen molar-refractivity contribution in [3.8, 4) is 5.69 Å². The fourth-order valence-corrected chi connectivity index (χ4v) is 4.63. The lowest BCUT2D eigenvalue weighted by Gasteiger charge is -2.15. The number of hydrogen-bond donors (Lipinski definition) is 1. The SMILES string of the molecule is Cc1ccc(-n2c(SCC(=O)Nc3c(C)cc(C)cc3C)nc3ccccc3c2=O)cc1. The highest BCUT2D eigenvalue weighted by atomic mass is 32.2. The van der Waals surface area contributed by atoms with Gasteiger partial charge < -0.3 is 5.32 Å². The van der Waals surface area contributed by atoms with Gasteiger partial charge in [-0.3, -0.25) is 14.2 Å². The number of nitrogens with zero attached hydrogens (tertiary/aromatic N) is 2. The first-order chi connectivity index (χ1) is 15.3. The lowest BCUT2D eigenvalue weighted by molar-refractivity contribution is -0.113. The van der Waals surface area contributed by atoms with Crippen LogP contribution in [0, 0.1) is 27.7 Å². The maximum Gasteiger partial charge on any atom is 0.266 e. The molecule has 4 rings (SSSR count). The molecular weight excluding hydrogens is 418 g/mol. The molecule has 0 aliphatic rings. The summed E-state index contributed by atoms with van der Waals surface area (Å²) >= 11 is 1.26. The smallest absolute Gasteiger partial charge is 0.266 e. The summed E-state index contributed by atoms with van der Waals surface area (Å²) in [6.45, 7) is 8.02. The summed E-state index contributed by atoms with van der Waals surface area (Å²) in [6.07, 6.45) is 0. The molecule has 1 amide bonds. The van der Waals surface area contributed by atoms with Gasteiger partial charge in [0.15, 0.2) is 5.16 Å². The average molecular weight is 444 g/mol. The fourth-order valence-electron chi connectivity index (χ4n) is 3.81. The third-order valence-electron chi connectivity index (χ3n) is 5.31. The molecule has 0 unspecified atom stereocenters. The normalized spacial score (nSPS) is 11.0. The van der Waals surface area contributed by atoms with Crippen LogP contribution in [0.3, 0.4) is 0 Å². The zero-order valence-corrected chi connectivity index (χ0v) is 19.4. The monoisotopic (exact) mass is 443 g/mol. The van der Waals surface area contributed by atoms with Gasteiger partial charge >= 0.3 is 0 Å². The quantitative estimate of drug-likeness (QED) is 0.334. The maximum atomic E-state index is 13.3. The van der Waals surface area contributed by atoms with E-state index >= 15 is 0 Å². The first kappa shape index (κ1) is 21.8. The van der Waals surface area contributed by atoms with Crippen molar-refractivity contribution in [1.82, 2.24) is 9.55 Å². The molecule has 5 nitrogen and oxygen atoms in total. The molecule has 1 aromatic heterocycles. The number of carbonyl (C=O) groups excluding carboxylic acids is 1. The number of carbonyl (C=O) groups is 1. The third-order valence-corrected chi connectivity index (χ3v) is 6.25. The molecule has 0 spiro atoms. The van der Waals surface area contributed by atoms with E-state index < -0.39 is 0 Å². The van der Waals surface area contributed by atoms with E-state index in [2.05, 4.69) is 17.4 Å². The van der Waals surface area contributed by atoms with Gasteiger partial charge in [-0.2, -0.15) is 0 Å². The van der Waals surface area contributed by atoms with Crippen LogP contribution in [-0.4, -0.2) is 21.2 Å². The number of benzene rings is 3. The Bertz CT molecular complexity index is 1350. The highest BCUT2D eigenvalue weighted by Crippen LogP contribution is 2.24. The first-order valence-corrected chi connectivity index (χ1v) is 11.4. The van der Waals surface area contributed by atoms with Crippen LogP contribution in [0.2, 0.25) is 0 Å². The molecule has 0 fully saturated rings.